The molecule has 1 aliphatic heterocycles. The van der Waals surface area contributed by atoms with E-state index in [9.17, 15) is 0 Å². The number of amidine groups is 1. The molecular weight excluding hydrogens is 174 g/mol. The van der Waals surface area contributed by atoms with Gasteiger partial charge >= 0.3 is 0 Å². The van der Waals surface area contributed by atoms with E-state index in [-0.39, 0.29) is 0 Å². The van der Waals surface area contributed by atoms with Crippen molar-refractivity contribution in [1.82, 2.24) is 9.80 Å². The molecule has 1 aliphatic rings. The van der Waals surface area contributed by atoms with Crippen LogP contribution in [-0.2, 0) is 0 Å². The highest BCUT2D eigenvalue weighted by Gasteiger charge is 2.09. The van der Waals surface area contributed by atoms with Gasteiger partial charge in [-0.2, -0.15) is 0 Å². The average molecular weight is 197 g/mol. The van der Waals surface area contributed by atoms with Gasteiger partial charge in [0.05, 0.1) is 5.84 Å². The van der Waals surface area contributed by atoms with E-state index in [4.69, 9.17) is 5.41 Å². The fourth-order valence-corrected chi connectivity index (χ4v) is 1.88. The van der Waals surface area contributed by atoms with Crippen molar-refractivity contribution in [2.24, 2.45) is 0 Å². The summed E-state index contributed by atoms with van der Waals surface area (Å²) in [5.41, 5.74) is 0. The van der Waals surface area contributed by atoms with Gasteiger partial charge in [0.2, 0.25) is 0 Å². The number of likely N-dealkylation sites (tertiary alicyclic amines) is 1. The molecule has 1 fully saturated rings. The van der Waals surface area contributed by atoms with Crippen molar-refractivity contribution < 1.29 is 0 Å². The van der Waals surface area contributed by atoms with Crippen molar-refractivity contribution in [3.63, 3.8) is 0 Å². The molecule has 1 heterocycles. The lowest BCUT2D eigenvalue weighted by Gasteiger charge is -2.27. The van der Waals surface area contributed by atoms with E-state index >= 15 is 0 Å². The maximum atomic E-state index is 7.44. The largest absolute Gasteiger partial charge is 0.364 e. The minimum atomic E-state index is 0.670. The van der Waals surface area contributed by atoms with Crippen LogP contribution in [0.3, 0.4) is 0 Å². The van der Waals surface area contributed by atoms with Gasteiger partial charge in [0.15, 0.2) is 0 Å². The number of nitrogens with one attached hydrogen (secondary N) is 1. The van der Waals surface area contributed by atoms with Crippen LogP contribution in [0.25, 0.3) is 0 Å². The molecule has 14 heavy (non-hydrogen) atoms. The van der Waals surface area contributed by atoms with Gasteiger partial charge in [-0.05, 0) is 45.8 Å². The van der Waals surface area contributed by atoms with Gasteiger partial charge in [0.25, 0.3) is 0 Å². The molecule has 0 aliphatic carbocycles. The van der Waals surface area contributed by atoms with Gasteiger partial charge in [0.1, 0.15) is 0 Å². The topological polar surface area (TPSA) is 30.3 Å². The van der Waals surface area contributed by atoms with Crippen molar-refractivity contribution in [2.45, 2.75) is 32.6 Å². The first-order valence-corrected chi connectivity index (χ1v) is 5.69. The van der Waals surface area contributed by atoms with Gasteiger partial charge in [-0.15, -0.1) is 0 Å². The maximum absolute atomic E-state index is 7.44. The molecule has 0 radical (unpaired) electrons. The standard InChI is InChI=1S/C11H23N3/c1-11(12)13(2)7-6-10-14-8-4-3-5-9-14/h12H,3-10H2,1-2H3. The molecule has 1 saturated heterocycles. The third-order valence-electron chi connectivity index (χ3n) is 2.99. The van der Waals surface area contributed by atoms with Gasteiger partial charge < -0.3 is 9.80 Å². The lowest BCUT2D eigenvalue weighted by molar-refractivity contribution is 0.221. The monoisotopic (exact) mass is 197 g/mol. The Morgan fingerprint density at radius 2 is 1.93 bits per heavy atom. The molecule has 0 saturated carbocycles. The Bertz CT molecular complexity index is 173. The highest BCUT2D eigenvalue weighted by molar-refractivity contribution is 5.75. The van der Waals surface area contributed by atoms with Crippen molar-refractivity contribution in [2.75, 3.05) is 33.2 Å². The average Bonchev–Trinajstić information content (AvgIpc) is 2.19. The van der Waals surface area contributed by atoms with Crippen LogP contribution < -0.4 is 0 Å². The quantitative estimate of drug-likeness (QED) is 0.550. The van der Waals surface area contributed by atoms with E-state index in [2.05, 4.69) is 4.90 Å². The van der Waals surface area contributed by atoms with Crippen LogP contribution in [0.4, 0.5) is 0 Å². The molecule has 0 unspecified atom stereocenters. The predicted octanol–water partition coefficient (Wildman–Crippen LogP) is 1.79. The zero-order chi connectivity index (χ0) is 10.4. The van der Waals surface area contributed by atoms with E-state index in [1.807, 2.05) is 18.9 Å². The fraction of sp³-hybridized carbons (Fsp3) is 0.909. The summed E-state index contributed by atoms with van der Waals surface area (Å²) < 4.78 is 0. The minimum Gasteiger partial charge on any atom is -0.364 e. The summed E-state index contributed by atoms with van der Waals surface area (Å²) in [6.45, 7) is 6.64. The summed E-state index contributed by atoms with van der Waals surface area (Å²) in [7, 11) is 2.00. The molecule has 3 nitrogen and oxygen atoms in total. The van der Waals surface area contributed by atoms with E-state index in [1.165, 1.54) is 45.3 Å². The van der Waals surface area contributed by atoms with E-state index in [1.54, 1.807) is 0 Å². The maximum Gasteiger partial charge on any atom is 0.0923 e. The van der Waals surface area contributed by atoms with Crippen LogP contribution in [0.1, 0.15) is 32.6 Å². The van der Waals surface area contributed by atoms with Crippen molar-refractivity contribution in [3.8, 4) is 0 Å². The summed E-state index contributed by atoms with van der Waals surface area (Å²) in [4.78, 5) is 4.57. The molecule has 0 aromatic rings. The summed E-state index contributed by atoms with van der Waals surface area (Å²) in [5.74, 6) is 0.670. The lowest BCUT2D eigenvalue weighted by Crippen LogP contribution is -2.33. The Morgan fingerprint density at radius 3 is 2.50 bits per heavy atom. The second kappa shape index (κ2) is 6.02. The Balaban J connectivity index is 2.05. The van der Waals surface area contributed by atoms with Crippen LogP contribution >= 0.6 is 0 Å². The second-order valence-electron chi connectivity index (χ2n) is 4.26. The zero-order valence-corrected chi connectivity index (χ0v) is 9.55. The predicted molar refractivity (Wildman–Crippen MR) is 60.9 cm³/mol. The first-order valence-electron chi connectivity index (χ1n) is 5.69. The van der Waals surface area contributed by atoms with Crippen LogP contribution in [0.15, 0.2) is 0 Å². The molecule has 1 rings (SSSR count). The van der Waals surface area contributed by atoms with Gasteiger partial charge in [-0.25, -0.2) is 0 Å². The van der Waals surface area contributed by atoms with Crippen LogP contribution in [-0.4, -0.2) is 48.9 Å². The third-order valence-corrected chi connectivity index (χ3v) is 2.99. The van der Waals surface area contributed by atoms with Crippen LogP contribution in [0, 0.1) is 5.41 Å². The SMILES string of the molecule is CC(=N)N(C)CCCN1CCCCC1. The molecule has 0 spiro atoms. The Morgan fingerprint density at radius 1 is 1.29 bits per heavy atom. The molecule has 0 bridgehead atoms. The normalized spacial score (nSPS) is 18.1. The molecule has 1 N–H and O–H groups in total. The second-order valence-corrected chi connectivity index (χ2v) is 4.26. The van der Waals surface area contributed by atoms with Gasteiger partial charge in [-0.1, -0.05) is 6.42 Å². The van der Waals surface area contributed by atoms with Crippen LogP contribution in [0.5, 0.6) is 0 Å². The first-order chi connectivity index (χ1) is 6.70. The highest BCUT2D eigenvalue weighted by atomic mass is 15.2. The number of hydrogen-bond acceptors (Lipinski definition) is 2. The highest BCUT2D eigenvalue weighted by Crippen LogP contribution is 2.08. The molecule has 82 valence electrons. The van der Waals surface area contributed by atoms with Crippen molar-refractivity contribution >= 4 is 5.84 Å². The molecule has 0 aromatic heterocycles. The number of hydrogen-bond donors (Lipinski definition) is 1. The van der Waals surface area contributed by atoms with Gasteiger partial charge in [0, 0.05) is 13.6 Å². The van der Waals surface area contributed by atoms with Gasteiger partial charge in [-0.3, -0.25) is 5.41 Å². The van der Waals surface area contributed by atoms with Crippen LogP contribution in [0.2, 0.25) is 0 Å². The van der Waals surface area contributed by atoms with E-state index in [0.29, 0.717) is 5.84 Å². The first kappa shape index (κ1) is 11.5. The fourth-order valence-electron chi connectivity index (χ4n) is 1.88. The third kappa shape index (κ3) is 4.09. The Hall–Kier alpha value is -0.570. The van der Waals surface area contributed by atoms with Crippen molar-refractivity contribution in [3.05, 3.63) is 0 Å². The Labute approximate surface area is 87.6 Å². The summed E-state index contributed by atoms with van der Waals surface area (Å²) in [6, 6.07) is 0. The summed E-state index contributed by atoms with van der Waals surface area (Å²) in [6.07, 6.45) is 5.35. The number of nitrogens with zero attached hydrogens (tertiary/aromatic N) is 2. The van der Waals surface area contributed by atoms with E-state index < -0.39 is 0 Å². The molecule has 0 atom stereocenters. The number of rotatable bonds is 4. The summed E-state index contributed by atoms with van der Waals surface area (Å²) in [5, 5.41) is 7.44. The van der Waals surface area contributed by atoms with E-state index in [0.717, 1.165) is 6.54 Å². The zero-order valence-electron chi connectivity index (χ0n) is 9.55. The Kier molecular flexibility index (Phi) is 4.94. The minimum absolute atomic E-state index is 0.670. The smallest absolute Gasteiger partial charge is 0.0923 e. The number of piperidine rings is 1. The molecular formula is C11H23N3. The molecule has 3 heteroatoms. The molecule has 0 amide bonds. The molecule has 0 aromatic carbocycles. The lowest BCUT2D eigenvalue weighted by atomic mass is 10.1. The summed E-state index contributed by atoms with van der Waals surface area (Å²) >= 11 is 0. The van der Waals surface area contributed by atoms with Crippen molar-refractivity contribution in [1.29, 1.82) is 5.41 Å².